The lowest BCUT2D eigenvalue weighted by Gasteiger charge is -2.13. The first kappa shape index (κ1) is 31.1. The minimum atomic E-state index is 0.592. The van der Waals surface area contributed by atoms with Crippen LogP contribution in [0.4, 0.5) is 0 Å². The van der Waals surface area contributed by atoms with Gasteiger partial charge in [-0.05, 0) is 78.8 Å². The van der Waals surface area contributed by atoms with Crippen LogP contribution in [0.5, 0.6) is 0 Å². The zero-order valence-corrected chi connectivity index (χ0v) is 29.6. The van der Waals surface area contributed by atoms with Crippen molar-refractivity contribution in [2.75, 3.05) is 0 Å². The average Bonchev–Trinajstić information content (AvgIpc) is 3.65. The maximum atomic E-state index is 6.29. The van der Waals surface area contributed by atoms with E-state index in [0.29, 0.717) is 17.5 Å². The molecule has 0 aliphatic rings. The monoisotopic (exact) mass is 701 g/mol. The zero-order valence-electron chi connectivity index (χ0n) is 29.6. The van der Waals surface area contributed by atoms with E-state index < -0.39 is 0 Å². The van der Waals surface area contributed by atoms with Crippen molar-refractivity contribution in [2.45, 2.75) is 0 Å². The first-order valence-electron chi connectivity index (χ1n) is 18.5. The summed E-state index contributed by atoms with van der Waals surface area (Å²) in [5.74, 6) is 1.81. The van der Waals surface area contributed by atoms with Crippen LogP contribution in [0.15, 0.2) is 192 Å². The zero-order chi connectivity index (χ0) is 36.3. The first-order valence-corrected chi connectivity index (χ1v) is 18.5. The SMILES string of the molecule is c1ccc(-c2ccccc2-c2nc(-c3cccc(-c4ccc5ccc6c7ccccc7ccc6c5c4)c3)nc(-c3cccc4oc5ccccc5c34)n2)cc1. The second-order valence-corrected chi connectivity index (χ2v) is 14.0. The number of aromatic nitrogens is 3. The Labute approximate surface area is 317 Å². The minimum absolute atomic E-state index is 0.592. The van der Waals surface area contributed by atoms with Gasteiger partial charge in [0.1, 0.15) is 11.2 Å². The smallest absolute Gasteiger partial charge is 0.164 e. The molecular formula is C51H31N3O. The molecule has 0 aliphatic heterocycles. The Balaban J connectivity index is 1.11. The summed E-state index contributed by atoms with van der Waals surface area (Å²) >= 11 is 0. The van der Waals surface area contributed by atoms with Crippen molar-refractivity contribution >= 4 is 54.3 Å². The summed E-state index contributed by atoms with van der Waals surface area (Å²) in [6.07, 6.45) is 0. The molecule has 11 rings (SSSR count). The van der Waals surface area contributed by atoms with Gasteiger partial charge in [-0.1, -0.05) is 164 Å². The lowest BCUT2D eigenvalue weighted by Crippen LogP contribution is -2.01. The number of fused-ring (bicyclic) bond motifs is 8. The standard InChI is InChI=1S/C51H31N3O/c1-2-12-32(13-3-1)39-18-6-7-19-42(39)50-52-49(53-51(54-50)44-21-11-23-47-48(44)43-20-8-9-22-46(43)55-47)37-16-10-15-35(30-37)36-25-24-34-27-28-40-38-17-5-4-14-33(38)26-29-41(40)45(34)31-36/h1-31H. The van der Waals surface area contributed by atoms with Crippen LogP contribution in [-0.2, 0) is 0 Å². The van der Waals surface area contributed by atoms with Crippen molar-refractivity contribution in [1.82, 2.24) is 15.0 Å². The Morgan fingerprint density at radius 2 is 0.855 bits per heavy atom. The van der Waals surface area contributed by atoms with Crippen molar-refractivity contribution in [2.24, 2.45) is 0 Å². The largest absolute Gasteiger partial charge is 0.456 e. The van der Waals surface area contributed by atoms with Crippen LogP contribution in [0, 0.1) is 0 Å². The van der Waals surface area contributed by atoms with Gasteiger partial charge in [0, 0.05) is 27.5 Å². The highest BCUT2D eigenvalue weighted by molar-refractivity contribution is 6.18. The number of benzene rings is 9. The van der Waals surface area contributed by atoms with Gasteiger partial charge in [-0.25, -0.2) is 15.0 Å². The summed E-state index contributed by atoms with van der Waals surface area (Å²) in [5.41, 5.74) is 8.76. The molecule has 0 atom stereocenters. The van der Waals surface area contributed by atoms with Crippen molar-refractivity contribution in [3.05, 3.63) is 188 Å². The number of furan rings is 1. The number of rotatable bonds is 5. The van der Waals surface area contributed by atoms with E-state index in [1.165, 1.54) is 32.3 Å². The second-order valence-electron chi connectivity index (χ2n) is 14.0. The highest BCUT2D eigenvalue weighted by Gasteiger charge is 2.19. The molecule has 256 valence electrons. The fourth-order valence-corrected chi connectivity index (χ4v) is 8.09. The van der Waals surface area contributed by atoms with Crippen LogP contribution in [-0.4, -0.2) is 15.0 Å². The van der Waals surface area contributed by atoms with Gasteiger partial charge in [0.25, 0.3) is 0 Å². The van der Waals surface area contributed by atoms with E-state index >= 15 is 0 Å². The van der Waals surface area contributed by atoms with Gasteiger partial charge in [0.15, 0.2) is 17.5 Å². The molecule has 0 spiro atoms. The fraction of sp³-hybridized carbons (Fsp3) is 0. The quantitative estimate of drug-likeness (QED) is 0.168. The molecule has 0 saturated carbocycles. The lowest BCUT2D eigenvalue weighted by atomic mass is 9.94. The highest BCUT2D eigenvalue weighted by atomic mass is 16.3. The van der Waals surface area contributed by atoms with E-state index in [9.17, 15) is 0 Å². The molecule has 4 heteroatoms. The summed E-state index contributed by atoms with van der Waals surface area (Å²) in [6, 6.07) is 65.8. The Bertz CT molecular complexity index is 3270. The lowest BCUT2D eigenvalue weighted by molar-refractivity contribution is 0.669. The van der Waals surface area contributed by atoms with Crippen LogP contribution in [0.1, 0.15) is 0 Å². The molecule has 0 saturated heterocycles. The van der Waals surface area contributed by atoms with Crippen LogP contribution in [0.2, 0.25) is 0 Å². The van der Waals surface area contributed by atoms with Gasteiger partial charge in [-0.3, -0.25) is 0 Å². The Morgan fingerprint density at radius 1 is 0.291 bits per heavy atom. The van der Waals surface area contributed by atoms with Crippen molar-refractivity contribution < 1.29 is 4.42 Å². The summed E-state index contributed by atoms with van der Waals surface area (Å²) in [6.45, 7) is 0. The third-order valence-electron chi connectivity index (χ3n) is 10.7. The summed E-state index contributed by atoms with van der Waals surface area (Å²) in [4.78, 5) is 15.7. The Morgan fingerprint density at radius 3 is 1.73 bits per heavy atom. The van der Waals surface area contributed by atoms with E-state index in [1.54, 1.807) is 0 Å². The summed E-state index contributed by atoms with van der Waals surface area (Å²) in [7, 11) is 0. The second kappa shape index (κ2) is 12.6. The van der Waals surface area contributed by atoms with Gasteiger partial charge in [0.2, 0.25) is 0 Å². The Kier molecular flexibility index (Phi) is 7.14. The summed E-state index contributed by atoms with van der Waals surface area (Å²) in [5, 5.41) is 9.49. The first-order chi connectivity index (χ1) is 27.2. The topological polar surface area (TPSA) is 51.8 Å². The van der Waals surface area contributed by atoms with Crippen LogP contribution in [0.3, 0.4) is 0 Å². The van der Waals surface area contributed by atoms with Crippen molar-refractivity contribution in [3.8, 4) is 56.4 Å². The number of para-hydroxylation sites is 1. The van der Waals surface area contributed by atoms with Gasteiger partial charge in [-0.15, -0.1) is 0 Å². The van der Waals surface area contributed by atoms with Gasteiger partial charge >= 0.3 is 0 Å². The molecule has 0 amide bonds. The maximum absolute atomic E-state index is 6.29. The van der Waals surface area contributed by atoms with Gasteiger partial charge < -0.3 is 4.42 Å². The maximum Gasteiger partial charge on any atom is 0.164 e. The fourth-order valence-electron chi connectivity index (χ4n) is 8.09. The summed E-state index contributed by atoms with van der Waals surface area (Å²) < 4.78 is 6.29. The predicted octanol–water partition coefficient (Wildman–Crippen LogP) is 13.6. The molecule has 0 bridgehead atoms. The van der Waals surface area contributed by atoms with Crippen molar-refractivity contribution in [1.29, 1.82) is 0 Å². The molecule has 2 aromatic heterocycles. The Hall–Kier alpha value is -7.43. The average molecular weight is 702 g/mol. The molecule has 55 heavy (non-hydrogen) atoms. The predicted molar refractivity (Wildman–Crippen MR) is 227 cm³/mol. The third kappa shape index (κ3) is 5.26. The van der Waals surface area contributed by atoms with E-state index in [4.69, 9.17) is 19.4 Å². The van der Waals surface area contributed by atoms with E-state index in [2.05, 4.69) is 146 Å². The minimum Gasteiger partial charge on any atom is -0.456 e. The molecule has 9 aromatic carbocycles. The van der Waals surface area contributed by atoms with Gasteiger partial charge in [-0.2, -0.15) is 0 Å². The molecular weight excluding hydrogens is 671 g/mol. The molecule has 11 aromatic rings. The molecule has 0 radical (unpaired) electrons. The third-order valence-corrected chi connectivity index (χ3v) is 10.7. The molecule has 0 aliphatic carbocycles. The van der Waals surface area contributed by atoms with E-state index in [0.717, 1.165) is 60.9 Å². The molecule has 4 nitrogen and oxygen atoms in total. The number of hydrogen-bond acceptors (Lipinski definition) is 4. The normalized spacial score (nSPS) is 11.6. The number of hydrogen-bond donors (Lipinski definition) is 0. The van der Waals surface area contributed by atoms with Crippen LogP contribution < -0.4 is 0 Å². The molecule has 0 fully saturated rings. The molecule has 0 unspecified atom stereocenters. The van der Waals surface area contributed by atoms with Gasteiger partial charge in [0.05, 0.1) is 0 Å². The van der Waals surface area contributed by atoms with Crippen LogP contribution >= 0.6 is 0 Å². The van der Waals surface area contributed by atoms with Crippen molar-refractivity contribution in [3.63, 3.8) is 0 Å². The molecule has 0 N–H and O–H groups in total. The highest BCUT2D eigenvalue weighted by Crippen LogP contribution is 2.39. The van der Waals surface area contributed by atoms with E-state index in [-0.39, 0.29) is 0 Å². The molecule has 2 heterocycles. The van der Waals surface area contributed by atoms with E-state index in [1.807, 2.05) is 42.5 Å². The van der Waals surface area contributed by atoms with Crippen LogP contribution in [0.25, 0.3) is 111 Å². The number of nitrogens with zero attached hydrogens (tertiary/aromatic N) is 3.